The molecule has 3 nitrogen and oxygen atoms in total. The summed E-state index contributed by atoms with van der Waals surface area (Å²) in [5.41, 5.74) is 2.25. The van der Waals surface area contributed by atoms with Crippen LogP contribution in [-0.4, -0.2) is 36.1 Å². The maximum Gasteiger partial charge on any atom is 0.120 e. The third kappa shape index (κ3) is 4.94. The molecule has 3 rings (SSSR count). The molecule has 2 aromatic carbocycles. The Labute approximate surface area is 158 Å². The third-order valence-electron chi connectivity index (χ3n) is 4.24. The number of thiazole rings is 1. The standard InChI is InChI=1S/C20H23ClN2OS/c1-3-23(4-2)11-12-24-17-9-10-18-19(14-17)25-20(22-18)13-15-5-7-16(21)8-6-15/h5-10,14H,3-4,11-13H2,1-2H3. The van der Waals surface area contributed by atoms with Crippen molar-refractivity contribution in [2.45, 2.75) is 20.3 Å². The van der Waals surface area contributed by atoms with Gasteiger partial charge in [-0.3, -0.25) is 0 Å². The van der Waals surface area contributed by atoms with E-state index >= 15 is 0 Å². The van der Waals surface area contributed by atoms with E-state index in [1.165, 1.54) is 10.3 Å². The molecule has 1 aromatic heterocycles. The Hall–Kier alpha value is -1.62. The van der Waals surface area contributed by atoms with Gasteiger partial charge in [0, 0.05) is 18.0 Å². The highest BCUT2D eigenvalue weighted by atomic mass is 35.5. The minimum absolute atomic E-state index is 0.712. The molecule has 0 atom stereocenters. The molecule has 0 aliphatic rings. The van der Waals surface area contributed by atoms with Gasteiger partial charge in [0.15, 0.2) is 0 Å². The quantitative estimate of drug-likeness (QED) is 0.537. The molecule has 132 valence electrons. The topological polar surface area (TPSA) is 25.4 Å². The normalized spacial score (nSPS) is 11.4. The van der Waals surface area contributed by atoms with Crippen LogP contribution in [0.1, 0.15) is 24.4 Å². The number of benzene rings is 2. The number of halogens is 1. The van der Waals surface area contributed by atoms with Crippen LogP contribution in [0.4, 0.5) is 0 Å². The van der Waals surface area contributed by atoms with Gasteiger partial charge >= 0.3 is 0 Å². The lowest BCUT2D eigenvalue weighted by Gasteiger charge is -2.17. The van der Waals surface area contributed by atoms with Crippen LogP contribution < -0.4 is 4.74 Å². The first-order valence-corrected chi connectivity index (χ1v) is 9.86. The number of fused-ring (bicyclic) bond motifs is 1. The second kappa shape index (κ2) is 8.65. The molecule has 0 unspecified atom stereocenters. The fraction of sp³-hybridized carbons (Fsp3) is 0.350. The molecule has 3 aromatic rings. The average Bonchev–Trinajstić information content (AvgIpc) is 3.02. The van der Waals surface area contributed by atoms with Gasteiger partial charge in [-0.2, -0.15) is 0 Å². The van der Waals surface area contributed by atoms with E-state index in [9.17, 15) is 0 Å². The Bertz CT molecular complexity index is 812. The van der Waals surface area contributed by atoms with E-state index in [0.717, 1.165) is 47.4 Å². The Morgan fingerprint density at radius 1 is 1.08 bits per heavy atom. The van der Waals surface area contributed by atoms with E-state index in [2.05, 4.69) is 36.9 Å². The van der Waals surface area contributed by atoms with Crippen molar-refractivity contribution in [2.75, 3.05) is 26.2 Å². The molecule has 0 aliphatic heterocycles. The average molecular weight is 375 g/mol. The van der Waals surface area contributed by atoms with E-state index in [-0.39, 0.29) is 0 Å². The summed E-state index contributed by atoms with van der Waals surface area (Å²) in [4.78, 5) is 7.08. The lowest BCUT2D eigenvalue weighted by molar-refractivity contribution is 0.223. The van der Waals surface area contributed by atoms with Crippen molar-refractivity contribution in [1.29, 1.82) is 0 Å². The Kier molecular flexibility index (Phi) is 6.29. The number of rotatable bonds is 8. The molecule has 0 saturated carbocycles. The maximum absolute atomic E-state index is 5.95. The van der Waals surface area contributed by atoms with Crippen LogP contribution in [-0.2, 0) is 6.42 Å². The molecular weight excluding hydrogens is 352 g/mol. The summed E-state index contributed by atoms with van der Waals surface area (Å²) in [6.45, 7) is 8.13. The first-order valence-electron chi connectivity index (χ1n) is 8.67. The molecular formula is C20H23ClN2OS. The zero-order chi connectivity index (χ0) is 17.6. The van der Waals surface area contributed by atoms with Crippen LogP contribution in [0.15, 0.2) is 42.5 Å². The molecule has 0 fully saturated rings. The van der Waals surface area contributed by atoms with Crippen molar-refractivity contribution >= 4 is 33.2 Å². The van der Waals surface area contributed by atoms with Gasteiger partial charge in [-0.1, -0.05) is 37.6 Å². The van der Waals surface area contributed by atoms with E-state index < -0.39 is 0 Å². The van der Waals surface area contributed by atoms with Crippen molar-refractivity contribution in [1.82, 2.24) is 9.88 Å². The van der Waals surface area contributed by atoms with Gasteiger partial charge in [-0.05, 0) is 49.0 Å². The predicted octanol–water partition coefficient (Wildman–Crippen LogP) is 5.26. The number of ether oxygens (including phenoxy) is 1. The number of aromatic nitrogens is 1. The molecule has 0 radical (unpaired) electrons. The van der Waals surface area contributed by atoms with Gasteiger partial charge in [-0.15, -0.1) is 11.3 Å². The highest BCUT2D eigenvalue weighted by Crippen LogP contribution is 2.28. The zero-order valence-electron chi connectivity index (χ0n) is 14.7. The maximum atomic E-state index is 5.95. The van der Waals surface area contributed by atoms with Crippen LogP contribution in [0.25, 0.3) is 10.2 Å². The van der Waals surface area contributed by atoms with Crippen molar-refractivity contribution in [2.24, 2.45) is 0 Å². The molecule has 5 heteroatoms. The number of likely N-dealkylation sites (N-methyl/N-ethyl adjacent to an activating group) is 1. The van der Waals surface area contributed by atoms with E-state index in [4.69, 9.17) is 21.3 Å². The summed E-state index contributed by atoms with van der Waals surface area (Å²) >= 11 is 7.67. The summed E-state index contributed by atoms with van der Waals surface area (Å²) in [6.07, 6.45) is 0.828. The summed E-state index contributed by atoms with van der Waals surface area (Å²) in [6, 6.07) is 14.1. The second-order valence-electron chi connectivity index (χ2n) is 5.92. The minimum Gasteiger partial charge on any atom is -0.492 e. The number of hydrogen-bond acceptors (Lipinski definition) is 4. The van der Waals surface area contributed by atoms with Gasteiger partial charge in [-0.25, -0.2) is 4.98 Å². The molecule has 0 saturated heterocycles. The fourth-order valence-corrected chi connectivity index (χ4v) is 3.88. The van der Waals surface area contributed by atoms with Crippen molar-refractivity contribution in [3.8, 4) is 5.75 Å². The summed E-state index contributed by atoms with van der Waals surface area (Å²) in [5, 5.41) is 1.87. The third-order valence-corrected chi connectivity index (χ3v) is 5.51. The SMILES string of the molecule is CCN(CC)CCOc1ccc2nc(Cc3ccc(Cl)cc3)sc2c1. The van der Waals surface area contributed by atoms with Gasteiger partial charge in [0.25, 0.3) is 0 Å². The van der Waals surface area contributed by atoms with Crippen LogP contribution in [0.2, 0.25) is 5.02 Å². The number of nitrogens with zero attached hydrogens (tertiary/aromatic N) is 2. The summed E-state index contributed by atoms with van der Waals surface area (Å²) in [5.74, 6) is 0.918. The first kappa shape index (κ1) is 18.2. The van der Waals surface area contributed by atoms with Gasteiger partial charge in [0.05, 0.1) is 15.2 Å². The highest BCUT2D eigenvalue weighted by Gasteiger charge is 2.07. The fourth-order valence-electron chi connectivity index (χ4n) is 2.73. The summed E-state index contributed by atoms with van der Waals surface area (Å²) < 4.78 is 7.08. The predicted molar refractivity (Wildman–Crippen MR) is 107 cm³/mol. The largest absolute Gasteiger partial charge is 0.492 e. The molecule has 1 heterocycles. The van der Waals surface area contributed by atoms with E-state index in [1.807, 2.05) is 24.3 Å². The smallest absolute Gasteiger partial charge is 0.120 e. The molecule has 25 heavy (non-hydrogen) atoms. The van der Waals surface area contributed by atoms with Crippen molar-refractivity contribution < 1.29 is 4.74 Å². The zero-order valence-corrected chi connectivity index (χ0v) is 16.2. The Morgan fingerprint density at radius 3 is 2.56 bits per heavy atom. The lowest BCUT2D eigenvalue weighted by atomic mass is 10.2. The molecule has 0 aliphatic carbocycles. The molecule has 0 amide bonds. The van der Waals surface area contributed by atoms with Gasteiger partial charge in [0.1, 0.15) is 12.4 Å². The number of hydrogen-bond donors (Lipinski definition) is 0. The van der Waals surface area contributed by atoms with Crippen LogP contribution in [0, 0.1) is 0 Å². The van der Waals surface area contributed by atoms with Crippen LogP contribution >= 0.6 is 22.9 Å². The molecule has 0 bridgehead atoms. The lowest BCUT2D eigenvalue weighted by Crippen LogP contribution is -2.27. The minimum atomic E-state index is 0.712. The Balaban J connectivity index is 1.65. The van der Waals surface area contributed by atoms with E-state index in [1.54, 1.807) is 11.3 Å². The monoisotopic (exact) mass is 374 g/mol. The second-order valence-corrected chi connectivity index (χ2v) is 7.47. The van der Waals surface area contributed by atoms with Crippen molar-refractivity contribution in [3.05, 3.63) is 58.1 Å². The van der Waals surface area contributed by atoms with Gasteiger partial charge in [0.2, 0.25) is 0 Å². The highest BCUT2D eigenvalue weighted by molar-refractivity contribution is 7.18. The summed E-state index contributed by atoms with van der Waals surface area (Å²) in [7, 11) is 0. The Morgan fingerprint density at radius 2 is 1.84 bits per heavy atom. The first-order chi connectivity index (χ1) is 12.2. The molecule has 0 spiro atoms. The van der Waals surface area contributed by atoms with Crippen LogP contribution in [0.3, 0.4) is 0 Å². The van der Waals surface area contributed by atoms with E-state index in [0.29, 0.717) is 6.61 Å². The van der Waals surface area contributed by atoms with Crippen molar-refractivity contribution in [3.63, 3.8) is 0 Å². The van der Waals surface area contributed by atoms with Crippen LogP contribution in [0.5, 0.6) is 5.75 Å². The van der Waals surface area contributed by atoms with Gasteiger partial charge < -0.3 is 9.64 Å². The molecule has 0 N–H and O–H groups in total.